The van der Waals surface area contributed by atoms with Crippen LogP contribution in [0.4, 0.5) is 5.69 Å². The summed E-state index contributed by atoms with van der Waals surface area (Å²) in [6, 6.07) is 11.2. The number of aryl methyl sites for hydroxylation is 1. The van der Waals surface area contributed by atoms with Crippen LogP contribution in [0.1, 0.15) is 22.3 Å². The number of hydrogen-bond acceptors (Lipinski definition) is 6. The number of halogens is 1. The van der Waals surface area contributed by atoms with Crippen molar-refractivity contribution in [3.05, 3.63) is 68.7 Å². The number of nitrogens with zero attached hydrogens (tertiary/aromatic N) is 1. The maximum atomic E-state index is 12.6. The summed E-state index contributed by atoms with van der Waals surface area (Å²) in [5.74, 6) is 0.531. The second-order valence-electron chi connectivity index (χ2n) is 6.68. The largest absolute Gasteiger partial charge is 0.353 e. The molecule has 1 atom stereocenters. The molecule has 0 spiro atoms. The van der Waals surface area contributed by atoms with E-state index in [1.54, 1.807) is 23.5 Å². The van der Waals surface area contributed by atoms with Crippen molar-refractivity contribution in [2.24, 2.45) is 0 Å². The van der Waals surface area contributed by atoms with Crippen LogP contribution in [0, 0.1) is 17.0 Å². The van der Waals surface area contributed by atoms with E-state index in [0.717, 1.165) is 11.0 Å². The Morgan fingerprint density at radius 1 is 1.16 bits per heavy atom. The summed E-state index contributed by atoms with van der Waals surface area (Å²) in [5.41, 5.74) is 0.914. The number of nitro groups is 1. The van der Waals surface area contributed by atoms with Crippen LogP contribution in [0.5, 0.6) is 0 Å². The number of rotatable bonds is 11. The molecule has 0 aliphatic rings. The third kappa shape index (κ3) is 8.08. The second kappa shape index (κ2) is 12.6. The van der Waals surface area contributed by atoms with Crippen LogP contribution in [0.15, 0.2) is 47.4 Å². The van der Waals surface area contributed by atoms with Gasteiger partial charge in [-0.2, -0.15) is 11.8 Å². The van der Waals surface area contributed by atoms with Crippen molar-refractivity contribution in [2.45, 2.75) is 24.3 Å². The molecule has 2 rings (SSSR count). The molecular formula is C21H24ClN3O4S2. The van der Waals surface area contributed by atoms with E-state index in [-0.39, 0.29) is 22.2 Å². The lowest BCUT2D eigenvalue weighted by molar-refractivity contribution is -0.384. The maximum Gasteiger partial charge on any atom is 0.288 e. The van der Waals surface area contributed by atoms with Crippen LogP contribution in [0.2, 0.25) is 5.02 Å². The number of nitrogens with one attached hydrogen (secondary N) is 2. The minimum Gasteiger partial charge on any atom is -0.353 e. The molecule has 0 aliphatic carbocycles. The lowest BCUT2D eigenvalue weighted by Crippen LogP contribution is -2.47. The molecule has 2 aromatic rings. The number of carbonyl (C=O) groups excluding carboxylic acids is 2. The van der Waals surface area contributed by atoms with Gasteiger partial charge in [0.05, 0.1) is 4.92 Å². The van der Waals surface area contributed by atoms with E-state index in [4.69, 9.17) is 11.6 Å². The molecule has 1 unspecified atom stereocenters. The molecule has 0 radical (unpaired) electrons. The van der Waals surface area contributed by atoms with Crippen molar-refractivity contribution in [3.63, 3.8) is 0 Å². The first kappa shape index (κ1) is 25.0. The van der Waals surface area contributed by atoms with Crippen LogP contribution < -0.4 is 10.6 Å². The summed E-state index contributed by atoms with van der Waals surface area (Å²) >= 11 is 9.00. The number of carbonyl (C=O) groups is 2. The lowest BCUT2D eigenvalue weighted by Gasteiger charge is -2.18. The van der Waals surface area contributed by atoms with Gasteiger partial charge in [0, 0.05) is 28.8 Å². The predicted octanol–water partition coefficient (Wildman–Crippen LogP) is 4.32. The van der Waals surface area contributed by atoms with Gasteiger partial charge in [-0.3, -0.25) is 19.7 Å². The third-order valence-electron chi connectivity index (χ3n) is 4.33. The van der Waals surface area contributed by atoms with Gasteiger partial charge in [-0.05, 0) is 49.6 Å². The van der Waals surface area contributed by atoms with Gasteiger partial charge in [0.2, 0.25) is 5.91 Å². The first-order chi connectivity index (χ1) is 14.8. The Balaban J connectivity index is 1.94. The van der Waals surface area contributed by atoms with E-state index in [9.17, 15) is 19.7 Å². The van der Waals surface area contributed by atoms with Gasteiger partial charge < -0.3 is 10.6 Å². The highest BCUT2D eigenvalue weighted by atomic mass is 35.5. The van der Waals surface area contributed by atoms with Crippen molar-refractivity contribution in [2.75, 3.05) is 24.3 Å². The Morgan fingerprint density at radius 2 is 1.87 bits per heavy atom. The summed E-state index contributed by atoms with van der Waals surface area (Å²) < 4.78 is 0. The quantitative estimate of drug-likeness (QED) is 0.214. The van der Waals surface area contributed by atoms with Gasteiger partial charge in [0.15, 0.2) is 0 Å². The van der Waals surface area contributed by atoms with Crippen molar-refractivity contribution in [1.29, 1.82) is 0 Å². The molecule has 31 heavy (non-hydrogen) atoms. The fraction of sp³-hybridized carbons (Fsp3) is 0.333. The Hall–Kier alpha value is -2.23. The molecule has 0 saturated carbocycles. The molecule has 0 heterocycles. The molecule has 0 fully saturated rings. The number of hydrogen-bond donors (Lipinski definition) is 2. The fourth-order valence-corrected chi connectivity index (χ4v) is 4.07. The molecule has 166 valence electrons. The first-order valence-corrected chi connectivity index (χ1v) is 12.3. The molecule has 0 aromatic heterocycles. The molecular weight excluding hydrogens is 458 g/mol. The minimum atomic E-state index is -0.737. The molecule has 2 aromatic carbocycles. The topological polar surface area (TPSA) is 101 Å². The highest BCUT2D eigenvalue weighted by molar-refractivity contribution is 7.99. The minimum absolute atomic E-state index is 0.0516. The second-order valence-corrected chi connectivity index (χ2v) is 9.24. The summed E-state index contributed by atoms with van der Waals surface area (Å²) in [7, 11) is 0. The summed E-state index contributed by atoms with van der Waals surface area (Å²) in [5, 5.41) is 16.5. The van der Waals surface area contributed by atoms with E-state index in [1.165, 1.54) is 17.7 Å². The molecule has 2 amide bonds. The van der Waals surface area contributed by atoms with Crippen LogP contribution in [-0.2, 0) is 4.79 Å². The first-order valence-electron chi connectivity index (χ1n) is 9.52. The van der Waals surface area contributed by atoms with Gasteiger partial charge in [-0.25, -0.2) is 0 Å². The number of benzene rings is 2. The molecule has 0 aliphatic heterocycles. The molecule has 0 saturated heterocycles. The summed E-state index contributed by atoms with van der Waals surface area (Å²) in [4.78, 5) is 36.7. The number of amides is 2. The molecule has 10 heteroatoms. The van der Waals surface area contributed by atoms with Gasteiger partial charge in [-0.15, -0.1) is 11.8 Å². The van der Waals surface area contributed by atoms with Gasteiger partial charge >= 0.3 is 0 Å². The Bertz CT molecular complexity index is 925. The fourth-order valence-electron chi connectivity index (χ4n) is 2.64. The third-order valence-corrected chi connectivity index (χ3v) is 6.31. The van der Waals surface area contributed by atoms with Crippen LogP contribution in [0.25, 0.3) is 0 Å². The van der Waals surface area contributed by atoms with E-state index < -0.39 is 16.9 Å². The van der Waals surface area contributed by atoms with Crippen molar-refractivity contribution in [1.82, 2.24) is 10.6 Å². The summed E-state index contributed by atoms with van der Waals surface area (Å²) in [6.07, 6.45) is 2.36. The Labute approximate surface area is 194 Å². The molecule has 0 bridgehead atoms. The van der Waals surface area contributed by atoms with E-state index in [0.29, 0.717) is 24.5 Å². The number of nitro benzene ring substituents is 1. The van der Waals surface area contributed by atoms with E-state index in [1.807, 2.05) is 37.4 Å². The highest BCUT2D eigenvalue weighted by Crippen LogP contribution is 2.25. The van der Waals surface area contributed by atoms with Gasteiger partial charge in [0.1, 0.15) is 11.1 Å². The van der Waals surface area contributed by atoms with Crippen molar-refractivity contribution in [3.8, 4) is 0 Å². The molecule has 7 nitrogen and oxygen atoms in total. The van der Waals surface area contributed by atoms with E-state index in [2.05, 4.69) is 10.6 Å². The Kier molecular flexibility index (Phi) is 10.2. The predicted molar refractivity (Wildman–Crippen MR) is 127 cm³/mol. The highest BCUT2D eigenvalue weighted by Gasteiger charge is 2.22. The SMILES string of the molecule is CSCCC(NC(=O)c1ccc(Cl)c([N+](=O)[O-])c1)C(=O)NCCSc1ccc(C)cc1. The van der Waals surface area contributed by atoms with Crippen LogP contribution >= 0.6 is 35.1 Å². The maximum absolute atomic E-state index is 12.6. The zero-order chi connectivity index (χ0) is 22.8. The average molecular weight is 482 g/mol. The van der Waals surface area contributed by atoms with E-state index >= 15 is 0 Å². The summed E-state index contributed by atoms with van der Waals surface area (Å²) in [6.45, 7) is 2.48. The zero-order valence-corrected chi connectivity index (χ0v) is 19.6. The smallest absolute Gasteiger partial charge is 0.288 e. The van der Waals surface area contributed by atoms with Crippen molar-refractivity contribution >= 4 is 52.6 Å². The van der Waals surface area contributed by atoms with Gasteiger partial charge in [0.25, 0.3) is 11.6 Å². The number of thioether (sulfide) groups is 2. The monoisotopic (exact) mass is 481 g/mol. The average Bonchev–Trinajstić information content (AvgIpc) is 2.75. The normalized spacial score (nSPS) is 11.6. The van der Waals surface area contributed by atoms with Gasteiger partial charge in [-0.1, -0.05) is 29.3 Å². The van der Waals surface area contributed by atoms with Crippen LogP contribution in [-0.4, -0.2) is 47.1 Å². The standard InChI is InChI=1S/C21H24ClN3O4S2/c1-14-3-6-16(7-4-14)31-12-10-23-21(27)18(9-11-30-2)24-20(26)15-5-8-17(22)19(13-15)25(28)29/h3-8,13,18H,9-12H2,1-2H3,(H,23,27)(H,24,26). The Morgan fingerprint density at radius 3 is 2.52 bits per heavy atom. The van der Waals surface area contributed by atoms with Crippen LogP contribution in [0.3, 0.4) is 0 Å². The lowest BCUT2D eigenvalue weighted by atomic mass is 10.1. The molecule has 2 N–H and O–H groups in total. The van der Waals surface area contributed by atoms with Crippen molar-refractivity contribution < 1.29 is 14.5 Å². The zero-order valence-electron chi connectivity index (χ0n) is 17.2.